The molecule has 2 heterocycles. The third-order valence-electron chi connectivity index (χ3n) is 8.44. The zero-order valence-corrected chi connectivity index (χ0v) is 22.7. The van der Waals surface area contributed by atoms with Gasteiger partial charge in [-0.1, -0.05) is 36.6 Å². The number of halogens is 1. The second-order valence-electron chi connectivity index (χ2n) is 11.2. The van der Waals surface area contributed by atoms with Crippen molar-refractivity contribution in [3.05, 3.63) is 51.3 Å². The Hall–Kier alpha value is -2.65. The van der Waals surface area contributed by atoms with Gasteiger partial charge in [-0.05, 0) is 88.5 Å². The zero-order valence-electron chi connectivity index (χ0n) is 22.0. The molecule has 1 aromatic carbocycles. The minimum absolute atomic E-state index is 0.0232. The van der Waals surface area contributed by atoms with E-state index in [1.807, 2.05) is 52.9 Å². The summed E-state index contributed by atoms with van der Waals surface area (Å²) in [4.78, 5) is 26.8. The van der Waals surface area contributed by atoms with E-state index in [-0.39, 0.29) is 18.1 Å². The van der Waals surface area contributed by atoms with Gasteiger partial charge in [-0.25, -0.2) is 0 Å². The fourth-order valence-electron chi connectivity index (χ4n) is 6.03. The lowest BCUT2D eigenvalue weighted by atomic mass is 9.73. The van der Waals surface area contributed by atoms with Crippen LogP contribution >= 0.6 is 11.6 Å². The quantitative estimate of drug-likeness (QED) is 0.351. The number of hydrogen-bond donors (Lipinski definition) is 0. The summed E-state index contributed by atoms with van der Waals surface area (Å²) >= 11 is 6.55. The predicted molar refractivity (Wildman–Crippen MR) is 139 cm³/mol. The van der Waals surface area contributed by atoms with Gasteiger partial charge in [-0.2, -0.15) is 10.4 Å². The molecule has 6 nitrogen and oxygen atoms in total. The Bertz CT molecular complexity index is 1200. The molecule has 0 N–H and O–H groups in total. The maximum absolute atomic E-state index is 13.5. The Kier molecular flexibility index (Phi) is 7.35. The molecule has 1 saturated heterocycles. The van der Waals surface area contributed by atoms with Crippen molar-refractivity contribution in [2.45, 2.75) is 90.1 Å². The Morgan fingerprint density at radius 2 is 1.94 bits per heavy atom. The second kappa shape index (κ2) is 10.0. The van der Waals surface area contributed by atoms with Gasteiger partial charge in [0.25, 0.3) is 0 Å². The van der Waals surface area contributed by atoms with Gasteiger partial charge >= 0.3 is 5.97 Å². The smallest absolute Gasteiger partial charge is 0.317 e. The third-order valence-corrected chi connectivity index (χ3v) is 8.75. The molecular formula is C29H36ClN3O3. The zero-order chi connectivity index (χ0) is 26.3. The van der Waals surface area contributed by atoms with Crippen molar-refractivity contribution in [2.24, 2.45) is 18.9 Å². The van der Waals surface area contributed by atoms with Crippen molar-refractivity contribution in [1.82, 2.24) is 9.78 Å². The number of ketones is 1. The SMILES string of the molecule is Cc1nn(C)c(C)c1CC1C(=O)CC(CCc2ccc(C(C)(C)C#N)c(Cl)c2)(C2CCCC2)OC1=O. The first-order valence-corrected chi connectivity index (χ1v) is 13.3. The lowest BCUT2D eigenvalue weighted by Crippen LogP contribution is -2.52. The Morgan fingerprint density at radius 1 is 1.25 bits per heavy atom. The number of aromatic nitrogens is 2. The minimum Gasteiger partial charge on any atom is -0.458 e. The summed E-state index contributed by atoms with van der Waals surface area (Å²) in [5.74, 6) is -1.00. The van der Waals surface area contributed by atoms with Gasteiger partial charge in [0.05, 0.1) is 17.2 Å². The predicted octanol–water partition coefficient (Wildman–Crippen LogP) is 5.73. The van der Waals surface area contributed by atoms with Crippen LogP contribution in [-0.4, -0.2) is 27.1 Å². The number of nitriles is 1. The summed E-state index contributed by atoms with van der Waals surface area (Å²) in [6.07, 6.45) is 5.98. The number of benzene rings is 1. The van der Waals surface area contributed by atoms with Gasteiger partial charge in [0.15, 0.2) is 5.78 Å². The van der Waals surface area contributed by atoms with Gasteiger partial charge in [0, 0.05) is 24.2 Å². The first-order chi connectivity index (χ1) is 17.0. The largest absolute Gasteiger partial charge is 0.458 e. The molecule has 2 unspecified atom stereocenters. The molecule has 0 bridgehead atoms. The van der Waals surface area contributed by atoms with Crippen LogP contribution in [0.1, 0.15) is 80.5 Å². The molecule has 0 spiro atoms. The molecule has 36 heavy (non-hydrogen) atoms. The van der Waals surface area contributed by atoms with E-state index in [0.29, 0.717) is 24.3 Å². The molecule has 192 valence electrons. The van der Waals surface area contributed by atoms with E-state index < -0.39 is 22.9 Å². The number of aryl methyl sites for hydroxylation is 3. The van der Waals surface area contributed by atoms with Gasteiger partial charge < -0.3 is 4.74 Å². The average molecular weight is 510 g/mol. The van der Waals surface area contributed by atoms with Gasteiger partial charge in [-0.15, -0.1) is 0 Å². The minimum atomic E-state index is -0.775. The highest BCUT2D eigenvalue weighted by Crippen LogP contribution is 2.45. The van der Waals surface area contributed by atoms with Crippen LogP contribution in [-0.2, 0) is 39.6 Å². The molecule has 2 aromatic rings. The monoisotopic (exact) mass is 509 g/mol. The number of hydrogen-bond acceptors (Lipinski definition) is 5. The maximum atomic E-state index is 13.5. The summed E-state index contributed by atoms with van der Waals surface area (Å²) in [5.41, 5.74) is 3.15. The second-order valence-corrected chi connectivity index (χ2v) is 11.6. The summed E-state index contributed by atoms with van der Waals surface area (Å²) in [6, 6.07) is 8.11. The molecule has 1 saturated carbocycles. The highest BCUT2D eigenvalue weighted by molar-refractivity contribution is 6.31. The van der Waals surface area contributed by atoms with Crippen molar-refractivity contribution < 1.29 is 14.3 Å². The molecular weight excluding hydrogens is 474 g/mol. The van der Waals surface area contributed by atoms with Crippen LogP contribution in [0.5, 0.6) is 0 Å². The van der Waals surface area contributed by atoms with E-state index in [0.717, 1.165) is 53.8 Å². The highest BCUT2D eigenvalue weighted by Gasteiger charge is 2.51. The van der Waals surface area contributed by atoms with Crippen LogP contribution in [0.3, 0.4) is 0 Å². The van der Waals surface area contributed by atoms with E-state index in [2.05, 4.69) is 11.2 Å². The molecule has 1 aliphatic carbocycles. The van der Waals surface area contributed by atoms with Crippen molar-refractivity contribution in [3.8, 4) is 6.07 Å². The van der Waals surface area contributed by atoms with Gasteiger partial charge in [0.1, 0.15) is 11.5 Å². The molecule has 7 heteroatoms. The van der Waals surface area contributed by atoms with E-state index in [4.69, 9.17) is 16.3 Å². The molecule has 4 rings (SSSR count). The summed E-state index contributed by atoms with van der Waals surface area (Å²) in [6.45, 7) is 7.57. The normalized spacial score (nSPS) is 23.1. The molecule has 0 radical (unpaired) electrons. The number of nitrogens with zero attached hydrogens (tertiary/aromatic N) is 3. The van der Waals surface area contributed by atoms with E-state index in [9.17, 15) is 14.9 Å². The van der Waals surface area contributed by atoms with Crippen molar-refractivity contribution >= 4 is 23.4 Å². The van der Waals surface area contributed by atoms with Crippen molar-refractivity contribution in [3.63, 3.8) is 0 Å². The van der Waals surface area contributed by atoms with E-state index >= 15 is 0 Å². The molecule has 1 aromatic heterocycles. The summed E-state index contributed by atoms with van der Waals surface area (Å²) in [5, 5.41) is 14.5. The fourth-order valence-corrected chi connectivity index (χ4v) is 6.47. The van der Waals surface area contributed by atoms with Crippen LogP contribution in [0.15, 0.2) is 18.2 Å². The van der Waals surface area contributed by atoms with Crippen LogP contribution in [0.25, 0.3) is 0 Å². The van der Waals surface area contributed by atoms with Crippen LogP contribution in [0, 0.1) is 37.0 Å². The molecule has 0 amide bonds. The lowest BCUT2D eigenvalue weighted by Gasteiger charge is -2.43. The standard InChI is InChI=1S/C29H36ClN3O3/c1-18-22(19(2)33(5)32-18)15-23-26(34)16-29(36-27(23)35,21-8-6-7-9-21)13-12-20-10-11-24(25(30)14-20)28(3,4)17-31/h10-11,14,21,23H,6-9,12-13,15-16H2,1-5H3. The van der Waals surface area contributed by atoms with Crippen LogP contribution < -0.4 is 0 Å². The Labute approximate surface area is 219 Å². The summed E-state index contributed by atoms with van der Waals surface area (Å²) in [7, 11) is 1.87. The number of ether oxygens (including phenoxy) is 1. The van der Waals surface area contributed by atoms with Gasteiger partial charge in [0.2, 0.25) is 0 Å². The number of Topliss-reactive ketones (excluding diaryl/α,β-unsaturated/α-hetero) is 1. The van der Waals surface area contributed by atoms with Crippen LogP contribution in [0.4, 0.5) is 0 Å². The third kappa shape index (κ3) is 4.95. The number of carbonyl (C=O) groups excluding carboxylic acids is 2. The van der Waals surface area contributed by atoms with Crippen molar-refractivity contribution in [1.29, 1.82) is 5.26 Å². The molecule has 2 aliphatic rings. The first kappa shape index (κ1) is 26.4. The maximum Gasteiger partial charge on any atom is 0.317 e. The number of cyclic esters (lactones) is 1. The number of rotatable bonds is 7. The highest BCUT2D eigenvalue weighted by atomic mass is 35.5. The van der Waals surface area contributed by atoms with Gasteiger partial charge in [-0.3, -0.25) is 14.3 Å². The lowest BCUT2D eigenvalue weighted by molar-refractivity contribution is -0.185. The topological polar surface area (TPSA) is 85.0 Å². The number of esters is 1. The Morgan fingerprint density at radius 3 is 2.50 bits per heavy atom. The number of carbonyl (C=O) groups is 2. The average Bonchev–Trinajstić information content (AvgIpc) is 3.44. The fraction of sp³-hybridized carbons (Fsp3) is 0.586. The van der Waals surface area contributed by atoms with E-state index in [1.165, 1.54) is 0 Å². The molecule has 2 atom stereocenters. The van der Waals surface area contributed by atoms with E-state index in [1.54, 1.807) is 4.68 Å². The van der Waals surface area contributed by atoms with Crippen LogP contribution in [0.2, 0.25) is 5.02 Å². The van der Waals surface area contributed by atoms with Crippen molar-refractivity contribution in [2.75, 3.05) is 0 Å². The molecule has 2 fully saturated rings. The Balaban J connectivity index is 1.55. The first-order valence-electron chi connectivity index (χ1n) is 12.9. The molecule has 1 aliphatic heterocycles. The summed E-state index contributed by atoms with van der Waals surface area (Å²) < 4.78 is 8.08.